The van der Waals surface area contributed by atoms with Crippen LogP contribution >= 0.6 is 0 Å². The first-order chi connectivity index (χ1) is 11.5. The maximum atomic E-state index is 13.6. The molecule has 1 atom stereocenters. The first kappa shape index (κ1) is 17.3. The molecule has 24 heavy (non-hydrogen) atoms. The van der Waals surface area contributed by atoms with Crippen LogP contribution in [0.1, 0.15) is 19.3 Å². The Balaban J connectivity index is 1.53. The summed E-state index contributed by atoms with van der Waals surface area (Å²) in [7, 11) is -3.90. The van der Waals surface area contributed by atoms with Crippen LogP contribution in [-0.2, 0) is 14.8 Å². The number of rotatable bonds is 6. The maximum Gasteiger partial charge on any atom is 0.243 e. The molecule has 0 radical (unpaired) electrons. The summed E-state index contributed by atoms with van der Waals surface area (Å²) in [6.07, 6.45) is 3.05. The molecule has 0 saturated carbocycles. The van der Waals surface area contributed by atoms with Crippen molar-refractivity contribution < 1.29 is 17.6 Å². The molecule has 1 aromatic carbocycles. The zero-order valence-electron chi connectivity index (χ0n) is 13.4. The van der Waals surface area contributed by atoms with Gasteiger partial charge < -0.3 is 4.90 Å². The summed E-state index contributed by atoms with van der Waals surface area (Å²) in [4.78, 5) is 16.0. The number of benzene rings is 1. The summed E-state index contributed by atoms with van der Waals surface area (Å²) in [6, 6.07) is 5.19. The van der Waals surface area contributed by atoms with Crippen LogP contribution in [0.15, 0.2) is 29.2 Å². The first-order valence-corrected chi connectivity index (χ1v) is 9.74. The van der Waals surface area contributed by atoms with Gasteiger partial charge in [0.2, 0.25) is 15.9 Å². The summed E-state index contributed by atoms with van der Waals surface area (Å²) in [5.41, 5.74) is 0. The van der Waals surface area contributed by atoms with Gasteiger partial charge in [-0.1, -0.05) is 12.1 Å². The number of carbonyl (C=O) groups is 1. The Hall–Kier alpha value is -1.51. The van der Waals surface area contributed by atoms with E-state index in [1.807, 2.05) is 0 Å². The van der Waals surface area contributed by atoms with E-state index >= 15 is 0 Å². The molecular formula is C16H22FN3O3S. The molecule has 2 fully saturated rings. The van der Waals surface area contributed by atoms with Crippen molar-refractivity contribution in [2.24, 2.45) is 0 Å². The zero-order valence-corrected chi connectivity index (χ0v) is 14.3. The van der Waals surface area contributed by atoms with Gasteiger partial charge in [0.1, 0.15) is 10.7 Å². The van der Waals surface area contributed by atoms with E-state index in [0.29, 0.717) is 13.1 Å². The van der Waals surface area contributed by atoms with E-state index in [9.17, 15) is 17.6 Å². The zero-order chi connectivity index (χ0) is 17.2. The monoisotopic (exact) mass is 355 g/mol. The van der Waals surface area contributed by atoms with Gasteiger partial charge in [0.05, 0.1) is 6.04 Å². The van der Waals surface area contributed by atoms with Crippen LogP contribution in [0.25, 0.3) is 0 Å². The third-order valence-electron chi connectivity index (χ3n) is 4.65. The minimum absolute atomic E-state index is 0.0596. The van der Waals surface area contributed by atoms with E-state index in [1.165, 1.54) is 18.2 Å². The molecule has 2 aliphatic heterocycles. The predicted octanol–water partition coefficient (Wildman–Crippen LogP) is 0.801. The summed E-state index contributed by atoms with van der Waals surface area (Å²) >= 11 is 0. The topological polar surface area (TPSA) is 69.7 Å². The van der Waals surface area contributed by atoms with Crippen molar-refractivity contribution in [1.29, 1.82) is 0 Å². The van der Waals surface area contributed by atoms with Crippen LogP contribution in [0.3, 0.4) is 0 Å². The lowest BCUT2D eigenvalue weighted by Gasteiger charge is -2.22. The number of carbonyl (C=O) groups excluding carboxylic acids is 1. The lowest BCUT2D eigenvalue weighted by Crippen LogP contribution is -2.42. The van der Waals surface area contributed by atoms with Gasteiger partial charge in [-0.25, -0.2) is 17.5 Å². The van der Waals surface area contributed by atoms with Crippen LogP contribution in [0, 0.1) is 5.82 Å². The Morgan fingerprint density at radius 3 is 2.58 bits per heavy atom. The van der Waals surface area contributed by atoms with Crippen LogP contribution in [0.2, 0.25) is 0 Å². The minimum atomic E-state index is -3.90. The average Bonchev–Trinajstić information content (AvgIpc) is 3.18. The Morgan fingerprint density at radius 2 is 1.88 bits per heavy atom. The smallest absolute Gasteiger partial charge is 0.243 e. The molecule has 132 valence electrons. The molecule has 3 rings (SSSR count). The van der Waals surface area contributed by atoms with E-state index in [-0.39, 0.29) is 23.4 Å². The van der Waals surface area contributed by atoms with Crippen molar-refractivity contribution in [2.45, 2.75) is 30.2 Å². The summed E-state index contributed by atoms with van der Waals surface area (Å²) in [6.45, 7) is 2.95. The third kappa shape index (κ3) is 3.60. The molecule has 1 unspecified atom stereocenters. The lowest BCUT2D eigenvalue weighted by atomic mass is 10.2. The number of hydrogen-bond donors (Lipinski definition) is 1. The fourth-order valence-corrected chi connectivity index (χ4v) is 4.49. The Morgan fingerprint density at radius 1 is 1.17 bits per heavy atom. The molecule has 2 aliphatic rings. The number of sulfonamides is 1. The number of likely N-dealkylation sites (tertiary alicyclic amines) is 2. The molecule has 0 bridgehead atoms. The molecule has 2 saturated heterocycles. The normalized spacial score (nSPS) is 22.5. The van der Waals surface area contributed by atoms with Gasteiger partial charge in [-0.05, 0) is 44.5 Å². The summed E-state index contributed by atoms with van der Waals surface area (Å²) in [5, 5.41) is 0. The van der Waals surface area contributed by atoms with E-state index < -0.39 is 15.8 Å². The Kier molecular flexibility index (Phi) is 5.17. The van der Waals surface area contributed by atoms with E-state index in [1.54, 1.807) is 4.90 Å². The predicted molar refractivity (Wildman–Crippen MR) is 87.4 cm³/mol. The standard InChI is InChI=1S/C16H22FN3O3S/c17-13-5-1-2-6-15(13)24(22,23)18-8-12-20-11-7-14(16(20)21)19-9-3-4-10-19/h1-2,5-6,14,18H,3-4,7-12H2. The maximum absolute atomic E-state index is 13.6. The molecular weight excluding hydrogens is 333 g/mol. The number of halogens is 1. The van der Waals surface area contributed by atoms with Gasteiger partial charge in [-0.2, -0.15) is 0 Å². The highest BCUT2D eigenvalue weighted by molar-refractivity contribution is 7.89. The Bertz CT molecular complexity index is 704. The van der Waals surface area contributed by atoms with Crippen molar-refractivity contribution in [1.82, 2.24) is 14.5 Å². The molecule has 0 aromatic heterocycles. The fourth-order valence-electron chi connectivity index (χ4n) is 3.39. The Labute approximate surface area is 141 Å². The van der Waals surface area contributed by atoms with Crippen LogP contribution < -0.4 is 4.72 Å². The number of nitrogens with zero attached hydrogens (tertiary/aromatic N) is 2. The highest BCUT2D eigenvalue weighted by Crippen LogP contribution is 2.21. The molecule has 6 nitrogen and oxygen atoms in total. The van der Waals surface area contributed by atoms with Gasteiger partial charge in [-0.15, -0.1) is 0 Å². The van der Waals surface area contributed by atoms with E-state index in [4.69, 9.17) is 0 Å². The highest BCUT2D eigenvalue weighted by atomic mass is 32.2. The second-order valence-electron chi connectivity index (χ2n) is 6.20. The number of amides is 1. The van der Waals surface area contributed by atoms with Gasteiger partial charge in [0.25, 0.3) is 0 Å². The number of nitrogens with one attached hydrogen (secondary N) is 1. The third-order valence-corrected chi connectivity index (χ3v) is 6.14. The van der Waals surface area contributed by atoms with Gasteiger partial charge in [0.15, 0.2) is 0 Å². The van der Waals surface area contributed by atoms with Crippen LogP contribution in [0.4, 0.5) is 4.39 Å². The van der Waals surface area contributed by atoms with Gasteiger partial charge in [0, 0.05) is 19.6 Å². The van der Waals surface area contributed by atoms with Crippen molar-refractivity contribution in [3.63, 3.8) is 0 Å². The highest BCUT2D eigenvalue weighted by Gasteiger charge is 2.36. The van der Waals surface area contributed by atoms with Gasteiger partial charge >= 0.3 is 0 Å². The quantitative estimate of drug-likeness (QED) is 0.820. The van der Waals surface area contributed by atoms with E-state index in [0.717, 1.165) is 38.4 Å². The van der Waals surface area contributed by atoms with Crippen molar-refractivity contribution in [3.05, 3.63) is 30.1 Å². The van der Waals surface area contributed by atoms with Crippen molar-refractivity contribution in [2.75, 3.05) is 32.7 Å². The summed E-state index contributed by atoms with van der Waals surface area (Å²) < 4.78 is 40.2. The molecule has 2 heterocycles. The van der Waals surface area contributed by atoms with Crippen LogP contribution in [0.5, 0.6) is 0 Å². The second kappa shape index (κ2) is 7.16. The minimum Gasteiger partial charge on any atom is -0.340 e. The molecule has 8 heteroatoms. The van der Waals surface area contributed by atoms with Crippen molar-refractivity contribution >= 4 is 15.9 Å². The molecule has 1 N–H and O–H groups in total. The molecule has 0 aliphatic carbocycles. The first-order valence-electron chi connectivity index (χ1n) is 8.26. The average molecular weight is 355 g/mol. The second-order valence-corrected chi connectivity index (χ2v) is 7.94. The van der Waals surface area contributed by atoms with Crippen LogP contribution in [-0.4, -0.2) is 62.9 Å². The molecule has 1 aromatic rings. The SMILES string of the molecule is O=C1C(N2CCCC2)CCN1CCNS(=O)(=O)c1ccccc1F. The largest absolute Gasteiger partial charge is 0.340 e. The van der Waals surface area contributed by atoms with E-state index in [2.05, 4.69) is 9.62 Å². The number of hydrogen-bond acceptors (Lipinski definition) is 4. The molecule has 1 amide bonds. The van der Waals surface area contributed by atoms with Crippen molar-refractivity contribution in [3.8, 4) is 0 Å². The molecule has 0 spiro atoms. The van der Waals surface area contributed by atoms with Gasteiger partial charge in [-0.3, -0.25) is 9.69 Å². The summed E-state index contributed by atoms with van der Waals surface area (Å²) in [5.74, 6) is -0.710. The fraction of sp³-hybridized carbons (Fsp3) is 0.562. The lowest BCUT2D eigenvalue weighted by molar-refractivity contribution is -0.131.